The molecule has 0 heterocycles. The van der Waals surface area contributed by atoms with E-state index in [1.54, 1.807) is 24.2 Å². The molecule has 2 aliphatic carbocycles. The zero-order valence-electron chi connectivity index (χ0n) is 20.8. The molecular formula is C29H38Cl2Zr. The molecule has 0 saturated heterocycles. The fourth-order valence-electron chi connectivity index (χ4n) is 3.37. The fraction of sp³-hybridized carbons (Fsp3) is 0.414. The predicted octanol–water partition coefficient (Wildman–Crippen LogP) is 8.55. The number of benzene rings is 2. The molecular weight excluding hydrogens is 510 g/mol. The molecule has 2 aliphatic rings. The molecule has 0 bridgehead atoms. The van der Waals surface area contributed by atoms with Crippen LogP contribution in [0.15, 0.2) is 48.6 Å². The van der Waals surface area contributed by atoms with E-state index >= 15 is 0 Å². The van der Waals surface area contributed by atoms with Crippen LogP contribution in [0.1, 0.15) is 84.1 Å². The molecule has 172 valence electrons. The SMILES string of the molecule is CC(C)(C)c1[c-]c2c(cc1)-c1ccc(C(C)(C)C)cc1C2.C[C](C)=[Zr+2].Cl.Cl.[C-]1=CC=CC1. The van der Waals surface area contributed by atoms with E-state index in [1.165, 1.54) is 36.6 Å². The Morgan fingerprint density at radius 1 is 0.875 bits per heavy atom. The third-order valence-corrected chi connectivity index (χ3v) is 5.05. The second-order valence-electron chi connectivity index (χ2n) is 10.3. The van der Waals surface area contributed by atoms with Gasteiger partial charge in [-0.1, -0.05) is 65.3 Å². The van der Waals surface area contributed by atoms with Gasteiger partial charge in [0.05, 0.1) is 0 Å². The molecule has 32 heavy (non-hydrogen) atoms. The maximum Gasteiger partial charge on any atom is -0.109 e. The zero-order valence-corrected chi connectivity index (χ0v) is 24.9. The number of allylic oxidation sites excluding steroid dienone is 4. The van der Waals surface area contributed by atoms with Gasteiger partial charge in [0.15, 0.2) is 0 Å². The molecule has 0 amide bonds. The van der Waals surface area contributed by atoms with Crippen molar-refractivity contribution in [3.05, 3.63) is 83.0 Å². The molecule has 0 nitrogen and oxygen atoms in total. The van der Waals surface area contributed by atoms with Crippen molar-refractivity contribution in [2.24, 2.45) is 0 Å². The molecule has 4 rings (SSSR count). The van der Waals surface area contributed by atoms with Crippen LogP contribution in [0, 0.1) is 12.1 Å². The summed E-state index contributed by atoms with van der Waals surface area (Å²) in [5.74, 6) is 0. The summed E-state index contributed by atoms with van der Waals surface area (Å²) >= 11 is 1.55. The van der Waals surface area contributed by atoms with Gasteiger partial charge in [0.2, 0.25) is 0 Å². The van der Waals surface area contributed by atoms with Gasteiger partial charge in [-0.25, -0.2) is 12.2 Å². The zero-order chi connectivity index (χ0) is 22.5. The van der Waals surface area contributed by atoms with Crippen LogP contribution in [0.3, 0.4) is 0 Å². The van der Waals surface area contributed by atoms with Crippen molar-refractivity contribution in [2.45, 2.75) is 79.1 Å². The van der Waals surface area contributed by atoms with Crippen LogP contribution in [0.5, 0.6) is 0 Å². The molecule has 0 saturated carbocycles. The Hall–Kier alpha value is -0.747. The van der Waals surface area contributed by atoms with E-state index in [1.807, 2.05) is 12.2 Å². The quantitative estimate of drug-likeness (QED) is 0.247. The van der Waals surface area contributed by atoms with Crippen molar-refractivity contribution >= 4 is 28.0 Å². The smallest absolute Gasteiger partial charge is 0.109 e. The molecule has 0 aliphatic heterocycles. The maximum atomic E-state index is 3.67. The minimum Gasteiger partial charge on any atom is -0.273 e. The van der Waals surface area contributed by atoms with E-state index in [4.69, 9.17) is 0 Å². The van der Waals surface area contributed by atoms with Crippen molar-refractivity contribution in [1.82, 2.24) is 0 Å². The average molecular weight is 549 g/mol. The molecule has 0 radical (unpaired) electrons. The summed E-state index contributed by atoms with van der Waals surface area (Å²) in [5.41, 5.74) is 8.70. The summed E-state index contributed by atoms with van der Waals surface area (Å²) in [7, 11) is 0. The van der Waals surface area contributed by atoms with Crippen LogP contribution >= 0.6 is 24.8 Å². The number of hydrogen-bond donors (Lipinski definition) is 0. The molecule has 0 aromatic heterocycles. The third-order valence-electron chi connectivity index (χ3n) is 5.05. The Balaban J connectivity index is 0.000000739. The summed E-state index contributed by atoms with van der Waals surface area (Å²) in [6.07, 6.45) is 11.0. The van der Waals surface area contributed by atoms with E-state index in [-0.39, 0.29) is 35.6 Å². The standard InChI is InChI=1S/C21H25.C5H5.C3H6.2ClH.Zr/c1-20(2,3)16-7-9-18-14(12-16)11-15-13-17(21(4,5)6)8-10-19(15)18;1-2-4-5-3-1;1-3-2;;;/h7-10,12H,11H2,1-6H3;1-3H,4H2;1-2H3;2*1H;/q2*-1;;;;+2. The third kappa shape index (κ3) is 9.25. The van der Waals surface area contributed by atoms with Crippen molar-refractivity contribution < 1.29 is 24.2 Å². The van der Waals surface area contributed by atoms with Crippen LogP contribution in [-0.4, -0.2) is 3.21 Å². The Morgan fingerprint density at radius 2 is 1.47 bits per heavy atom. The van der Waals surface area contributed by atoms with Gasteiger partial charge in [0.1, 0.15) is 0 Å². The summed E-state index contributed by atoms with van der Waals surface area (Å²) < 4.78 is 1.51. The molecule has 2 aromatic rings. The average Bonchev–Trinajstić information content (AvgIpc) is 3.30. The Kier molecular flexibility index (Phi) is 12.9. The van der Waals surface area contributed by atoms with E-state index < -0.39 is 0 Å². The minimum atomic E-state index is 0. The maximum absolute atomic E-state index is 3.67. The fourth-order valence-corrected chi connectivity index (χ4v) is 3.37. The first-order chi connectivity index (χ1) is 13.9. The summed E-state index contributed by atoms with van der Waals surface area (Å²) in [6, 6.07) is 15.2. The second kappa shape index (κ2) is 13.2. The summed E-state index contributed by atoms with van der Waals surface area (Å²) in [5, 5.41) is 0. The van der Waals surface area contributed by atoms with Crippen molar-refractivity contribution in [1.29, 1.82) is 0 Å². The Bertz CT molecular complexity index is 879. The first-order valence-corrected chi connectivity index (χ1v) is 12.1. The van der Waals surface area contributed by atoms with Gasteiger partial charge in [-0.15, -0.1) is 42.4 Å². The number of halogens is 2. The Morgan fingerprint density at radius 3 is 1.91 bits per heavy atom. The molecule has 0 unspecified atom stereocenters. The predicted molar refractivity (Wildman–Crippen MR) is 143 cm³/mol. The first-order valence-electron chi connectivity index (χ1n) is 10.8. The molecule has 0 spiro atoms. The van der Waals surface area contributed by atoms with E-state index in [9.17, 15) is 0 Å². The normalized spacial score (nSPS) is 12.8. The van der Waals surface area contributed by atoms with Gasteiger partial charge in [-0.2, -0.15) is 29.8 Å². The summed E-state index contributed by atoms with van der Waals surface area (Å²) in [6.45, 7) is 17.8. The van der Waals surface area contributed by atoms with Crippen LogP contribution in [0.4, 0.5) is 0 Å². The van der Waals surface area contributed by atoms with Gasteiger partial charge in [-0.3, -0.25) is 6.08 Å². The molecule has 3 heteroatoms. The van der Waals surface area contributed by atoms with Gasteiger partial charge in [0, 0.05) is 0 Å². The molecule has 0 atom stereocenters. The van der Waals surface area contributed by atoms with E-state index in [2.05, 4.69) is 104 Å². The molecule has 0 fully saturated rings. The van der Waals surface area contributed by atoms with Gasteiger partial charge in [-0.05, 0) is 28.4 Å². The number of fused-ring (bicyclic) bond motifs is 3. The van der Waals surface area contributed by atoms with Crippen LogP contribution in [0.25, 0.3) is 11.1 Å². The monoisotopic (exact) mass is 546 g/mol. The molecule has 2 aromatic carbocycles. The minimum absolute atomic E-state index is 0. The topological polar surface area (TPSA) is 0 Å². The molecule has 0 N–H and O–H groups in total. The van der Waals surface area contributed by atoms with E-state index in [0.29, 0.717) is 0 Å². The summed E-state index contributed by atoms with van der Waals surface area (Å²) in [4.78, 5) is 0. The van der Waals surface area contributed by atoms with Gasteiger partial charge in [0.25, 0.3) is 0 Å². The van der Waals surface area contributed by atoms with Gasteiger partial charge < -0.3 is 0 Å². The Labute approximate surface area is 224 Å². The number of rotatable bonds is 0. The van der Waals surface area contributed by atoms with Gasteiger partial charge >= 0.3 is 41.3 Å². The first kappa shape index (κ1) is 31.3. The second-order valence-corrected chi connectivity index (χ2v) is 12.8. The van der Waals surface area contributed by atoms with Crippen molar-refractivity contribution in [3.8, 4) is 11.1 Å². The number of hydrogen-bond acceptors (Lipinski definition) is 0. The van der Waals surface area contributed by atoms with Crippen molar-refractivity contribution in [3.63, 3.8) is 0 Å². The largest absolute Gasteiger partial charge is 0.273 e. The van der Waals surface area contributed by atoms with Crippen molar-refractivity contribution in [2.75, 3.05) is 0 Å². The van der Waals surface area contributed by atoms with Crippen LogP contribution < -0.4 is 0 Å². The van der Waals surface area contributed by atoms with E-state index in [0.717, 1.165) is 12.8 Å². The van der Waals surface area contributed by atoms with Crippen LogP contribution in [-0.2, 0) is 41.5 Å². The van der Waals surface area contributed by atoms with Crippen LogP contribution in [0.2, 0.25) is 0 Å².